The zero-order chi connectivity index (χ0) is 25.0. The van der Waals surface area contributed by atoms with Gasteiger partial charge in [0.15, 0.2) is 17.5 Å². The van der Waals surface area contributed by atoms with Crippen LogP contribution in [0.5, 0.6) is 0 Å². The van der Waals surface area contributed by atoms with Crippen molar-refractivity contribution in [1.82, 2.24) is 19.9 Å². The molecule has 2 aromatic heterocycles. The summed E-state index contributed by atoms with van der Waals surface area (Å²) in [4.78, 5) is 19.2. The molecule has 2 heterocycles. The van der Waals surface area contributed by atoms with E-state index in [1.54, 1.807) is 0 Å². The summed E-state index contributed by atoms with van der Waals surface area (Å²) in [5, 5.41) is 0. The van der Waals surface area contributed by atoms with Gasteiger partial charge in [-0.3, -0.25) is 4.98 Å². The lowest BCUT2D eigenvalue weighted by Gasteiger charge is -2.10. The van der Waals surface area contributed by atoms with Gasteiger partial charge < -0.3 is 0 Å². The van der Waals surface area contributed by atoms with Crippen molar-refractivity contribution in [2.75, 3.05) is 0 Å². The summed E-state index contributed by atoms with van der Waals surface area (Å²) in [5.41, 5.74) is 8.24. The van der Waals surface area contributed by atoms with Crippen LogP contribution in [0.2, 0.25) is 0 Å². The van der Waals surface area contributed by atoms with Crippen LogP contribution in [0.25, 0.3) is 56.5 Å². The fourth-order valence-electron chi connectivity index (χ4n) is 4.24. The first-order chi connectivity index (χ1) is 18.2. The van der Waals surface area contributed by atoms with Crippen LogP contribution < -0.4 is 0 Å². The molecule has 176 valence electrons. The molecule has 0 radical (unpaired) electrons. The summed E-state index contributed by atoms with van der Waals surface area (Å²) in [6.07, 6.45) is 1.92. The Morgan fingerprint density at radius 2 is 0.919 bits per heavy atom. The number of hydrogen-bond acceptors (Lipinski definition) is 4. The molecule has 0 aliphatic heterocycles. The van der Waals surface area contributed by atoms with Crippen molar-refractivity contribution in [3.8, 4) is 56.5 Å². The predicted octanol–water partition coefficient (Wildman–Crippen LogP) is 7.91. The molecule has 4 aromatic carbocycles. The van der Waals surface area contributed by atoms with E-state index >= 15 is 0 Å². The van der Waals surface area contributed by atoms with Gasteiger partial charge in [-0.25, -0.2) is 15.0 Å². The number of hydrogen-bond donors (Lipinski definition) is 0. The second kappa shape index (κ2) is 9.96. The Morgan fingerprint density at radius 3 is 1.49 bits per heavy atom. The van der Waals surface area contributed by atoms with E-state index < -0.39 is 0 Å². The third kappa shape index (κ3) is 4.91. The second-order valence-electron chi connectivity index (χ2n) is 8.92. The van der Waals surface area contributed by atoms with Crippen LogP contribution in [0.4, 0.5) is 0 Å². The molecule has 0 unspecified atom stereocenters. The molecule has 4 heteroatoms. The first kappa shape index (κ1) is 22.5. The maximum absolute atomic E-state index is 4.86. The maximum atomic E-state index is 4.86. The number of aromatic nitrogens is 4. The van der Waals surface area contributed by atoms with Crippen molar-refractivity contribution >= 4 is 0 Å². The van der Waals surface area contributed by atoms with Gasteiger partial charge in [-0.1, -0.05) is 115 Å². The van der Waals surface area contributed by atoms with Gasteiger partial charge in [0.1, 0.15) is 0 Å². The Labute approximate surface area is 216 Å². The van der Waals surface area contributed by atoms with Crippen LogP contribution in [-0.2, 0) is 0 Å². The minimum Gasteiger partial charge on any atom is -0.256 e. The van der Waals surface area contributed by atoms with Gasteiger partial charge in [0.2, 0.25) is 0 Å². The van der Waals surface area contributed by atoms with Gasteiger partial charge in [0.25, 0.3) is 0 Å². The molecule has 0 atom stereocenters. The molecule has 6 rings (SSSR count). The van der Waals surface area contributed by atoms with E-state index in [9.17, 15) is 0 Å². The lowest BCUT2D eigenvalue weighted by molar-refractivity contribution is 1.07. The summed E-state index contributed by atoms with van der Waals surface area (Å²) in [6, 6.07) is 40.9. The topological polar surface area (TPSA) is 51.6 Å². The Hall–Kier alpha value is -4.96. The van der Waals surface area contributed by atoms with Crippen molar-refractivity contribution in [3.63, 3.8) is 0 Å². The Kier molecular flexibility index (Phi) is 6.05. The quantitative estimate of drug-likeness (QED) is 0.254. The minimum atomic E-state index is 0.638. The number of nitrogens with zero attached hydrogens (tertiary/aromatic N) is 4. The average Bonchev–Trinajstić information content (AvgIpc) is 2.98. The highest BCUT2D eigenvalue weighted by atomic mass is 15.0. The normalized spacial score (nSPS) is 10.8. The largest absolute Gasteiger partial charge is 0.256 e. The van der Waals surface area contributed by atoms with E-state index in [0.29, 0.717) is 17.5 Å². The van der Waals surface area contributed by atoms with E-state index in [1.807, 2.05) is 79.0 Å². The molecule has 0 fully saturated rings. The fraction of sp³-hybridized carbons (Fsp3) is 0.0303. The summed E-state index contributed by atoms with van der Waals surface area (Å²) >= 11 is 0. The molecular formula is C33H24N4. The third-order valence-electron chi connectivity index (χ3n) is 6.26. The summed E-state index contributed by atoms with van der Waals surface area (Å²) in [7, 11) is 0. The van der Waals surface area contributed by atoms with E-state index in [0.717, 1.165) is 39.1 Å². The van der Waals surface area contributed by atoms with Gasteiger partial charge >= 0.3 is 0 Å². The molecule has 37 heavy (non-hydrogen) atoms. The maximum Gasteiger partial charge on any atom is 0.164 e. The molecular weight excluding hydrogens is 452 g/mol. The Bertz CT molecular complexity index is 1590. The van der Waals surface area contributed by atoms with E-state index in [4.69, 9.17) is 19.9 Å². The molecule has 0 spiro atoms. The monoisotopic (exact) mass is 476 g/mol. The van der Waals surface area contributed by atoms with Crippen LogP contribution in [0.1, 0.15) is 5.56 Å². The summed E-state index contributed by atoms with van der Waals surface area (Å²) in [6.45, 7) is 2.09. The zero-order valence-corrected chi connectivity index (χ0v) is 20.4. The van der Waals surface area contributed by atoms with E-state index in [2.05, 4.69) is 55.5 Å². The van der Waals surface area contributed by atoms with Crippen molar-refractivity contribution in [3.05, 3.63) is 133 Å². The molecule has 0 saturated carbocycles. The smallest absolute Gasteiger partial charge is 0.164 e. The molecule has 0 aliphatic carbocycles. The molecule has 0 N–H and O–H groups in total. The Morgan fingerprint density at radius 1 is 0.405 bits per heavy atom. The van der Waals surface area contributed by atoms with Crippen LogP contribution in [0, 0.1) is 6.92 Å². The predicted molar refractivity (Wildman–Crippen MR) is 150 cm³/mol. The Balaban J connectivity index is 1.39. The van der Waals surface area contributed by atoms with E-state index in [1.165, 1.54) is 5.56 Å². The van der Waals surface area contributed by atoms with E-state index in [-0.39, 0.29) is 0 Å². The van der Waals surface area contributed by atoms with Gasteiger partial charge in [0, 0.05) is 34.0 Å². The lowest BCUT2D eigenvalue weighted by Crippen LogP contribution is -2.00. The third-order valence-corrected chi connectivity index (χ3v) is 6.26. The van der Waals surface area contributed by atoms with Crippen LogP contribution >= 0.6 is 0 Å². The minimum absolute atomic E-state index is 0.638. The van der Waals surface area contributed by atoms with Crippen LogP contribution in [0.15, 0.2) is 128 Å². The number of benzene rings is 4. The standard InChI is InChI=1S/C33H24N4/c1-23-15-17-24(18-16-23)30-20-19-29(22-34-30)27-13-8-14-28(21-27)33-36-31(25-9-4-2-5-10-25)35-32(37-33)26-11-6-3-7-12-26/h2-22H,1H3. The van der Waals surface area contributed by atoms with Crippen molar-refractivity contribution in [2.45, 2.75) is 6.92 Å². The molecule has 0 amide bonds. The number of rotatable bonds is 5. The number of pyridine rings is 1. The molecule has 0 aliphatic rings. The number of aryl methyl sites for hydroxylation is 1. The SMILES string of the molecule is Cc1ccc(-c2ccc(-c3cccc(-c4nc(-c5ccccc5)nc(-c5ccccc5)n4)c3)cn2)cc1. The highest BCUT2D eigenvalue weighted by Crippen LogP contribution is 2.28. The average molecular weight is 477 g/mol. The van der Waals surface area contributed by atoms with Gasteiger partial charge in [-0.2, -0.15) is 0 Å². The van der Waals surface area contributed by atoms with Gasteiger partial charge in [0.05, 0.1) is 5.69 Å². The first-order valence-corrected chi connectivity index (χ1v) is 12.2. The molecule has 6 aromatic rings. The zero-order valence-electron chi connectivity index (χ0n) is 20.4. The fourth-order valence-corrected chi connectivity index (χ4v) is 4.24. The molecule has 0 saturated heterocycles. The first-order valence-electron chi connectivity index (χ1n) is 12.2. The highest BCUT2D eigenvalue weighted by molar-refractivity contribution is 5.73. The highest BCUT2D eigenvalue weighted by Gasteiger charge is 2.13. The van der Waals surface area contributed by atoms with Crippen LogP contribution in [0.3, 0.4) is 0 Å². The van der Waals surface area contributed by atoms with Crippen molar-refractivity contribution < 1.29 is 0 Å². The van der Waals surface area contributed by atoms with Crippen molar-refractivity contribution in [2.24, 2.45) is 0 Å². The molecule has 0 bridgehead atoms. The van der Waals surface area contributed by atoms with Gasteiger partial charge in [-0.05, 0) is 24.6 Å². The second-order valence-corrected chi connectivity index (χ2v) is 8.92. The molecule has 4 nitrogen and oxygen atoms in total. The summed E-state index contributed by atoms with van der Waals surface area (Å²) in [5.74, 6) is 1.94. The lowest BCUT2D eigenvalue weighted by atomic mass is 10.0. The van der Waals surface area contributed by atoms with Gasteiger partial charge in [-0.15, -0.1) is 0 Å². The van der Waals surface area contributed by atoms with Crippen molar-refractivity contribution in [1.29, 1.82) is 0 Å². The summed E-state index contributed by atoms with van der Waals surface area (Å²) < 4.78 is 0. The van der Waals surface area contributed by atoms with Crippen LogP contribution in [-0.4, -0.2) is 19.9 Å².